The van der Waals surface area contributed by atoms with Crippen molar-refractivity contribution >= 4 is 46.9 Å². The number of hydrogen-bond acceptors (Lipinski definition) is 5. The standard InChI is InChI=1S/C27H32Cl2N4O/c1-3-32(4-2)24-10-5-20(6-11-24)17-21-7-8-22(27(21)33-13-15-34-16-14-33)19-30-31-23-9-12-25(28)26(29)18-23/h5-6,9-12,17-19,31H,3-4,7-8,13-16H2,1-2H3. The maximum Gasteiger partial charge on any atom is 0.0642 e. The zero-order valence-corrected chi connectivity index (χ0v) is 21.4. The first-order valence-electron chi connectivity index (χ1n) is 11.9. The van der Waals surface area contributed by atoms with E-state index in [4.69, 9.17) is 27.9 Å². The van der Waals surface area contributed by atoms with Crippen LogP contribution in [0.1, 0.15) is 32.3 Å². The van der Waals surface area contributed by atoms with E-state index in [9.17, 15) is 0 Å². The quantitative estimate of drug-likeness (QED) is 0.324. The van der Waals surface area contributed by atoms with E-state index in [1.54, 1.807) is 12.1 Å². The van der Waals surface area contributed by atoms with Crippen LogP contribution in [0.4, 0.5) is 11.4 Å². The molecule has 0 aromatic heterocycles. The maximum atomic E-state index is 6.12. The minimum Gasteiger partial charge on any atom is -0.378 e. The van der Waals surface area contributed by atoms with Gasteiger partial charge in [-0.25, -0.2) is 0 Å². The first-order chi connectivity index (χ1) is 16.6. The van der Waals surface area contributed by atoms with Gasteiger partial charge in [-0.2, -0.15) is 5.10 Å². The SMILES string of the molecule is CCN(CC)c1ccc(C=C2CCC(C=NNc3ccc(Cl)c(Cl)c3)=C2N2CCOCC2)cc1. The normalized spacial score (nSPS) is 17.8. The average Bonchev–Trinajstić information content (AvgIpc) is 3.26. The van der Waals surface area contributed by atoms with E-state index in [0.717, 1.165) is 57.9 Å². The summed E-state index contributed by atoms with van der Waals surface area (Å²) in [7, 11) is 0. The van der Waals surface area contributed by atoms with Gasteiger partial charge in [0, 0.05) is 37.6 Å². The van der Waals surface area contributed by atoms with Crippen molar-refractivity contribution in [1.82, 2.24) is 4.90 Å². The van der Waals surface area contributed by atoms with E-state index in [2.05, 4.69) is 64.5 Å². The first kappa shape index (κ1) is 24.6. The second-order valence-corrected chi connectivity index (χ2v) is 9.22. The molecule has 34 heavy (non-hydrogen) atoms. The summed E-state index contributed by atoms with van der Waals surface area (Å²) in [5.41, 5.74) is 10.3. The third kappa shape index (κ3) is 5.96. The summed E-state index contributed by atoms with van der Waals surface area (Å²) in [4.78, 5) is 4.80. The highest BCUT2D eigenvalue weighted by Gasteiger charge is 2.25. The minimum absolute atomic E-state index is 0.508. The van der Waals surface area contributed by atoms with E-state index >= 15 is 0 Å². The second-order valence-electron chi connectivity index (χ2n) is 8.41. The number of hydrogen-bond donors (Lipinski definition) is 1. The Hall–Kier alpha value is -2.47. The summed E-state index contributed by atoms with van der Waals surface area (Å²) >= 11 is 12.1. The molecule has 1 aliphatic carbocycles. The lowest BCUT2D eigenvalue weighted by Crippen LogP contribution is -2.36. The zero-order chi connectivity index (χ0) is 23.9. The van der Waals surface area contributed by atoms with Crippen molar-refractivity contribution in [2.75, 3.05) is 49.7 Å². The van der Waals surface area contributed by atoms with Gasteiger partial charge in [-0.1, -0.05) is 35.3 Å². The number of halogens is 2. The van der Waals surface area contributed by atoms with Crippen molar-refractivity contribution in [3.05, 3.63) is 74.9 Å². The fraction of sp³-hybridized carbons (Fsp3) is 0.370. The third-order valence-corrected chi connectivity index (χ3v) is 7.03. The number of benzene rings is 2. The Morgan fingerprint density at radius 1 is 1.00 bits per heavy atom. The molecular formula is C27H32Cl2N4O. The maximum absolute atomic E-state index is 6.12. The fourth-order valence-electron chi connectivity index (χ4n) is 4.49. The summed E-state index contributed by atoms with van der Waals surface area (Å²) in [6.45, 7) is 9.70. The monoisotopic (exact) mass is 498 g/mol. The highest BCUT2D eigenvalue weighted by Crippen LogP contribution is 2.35. The van der Waals surface area contributed by atoms with E-state index < -0.39 is 0 Å². The summed E-state index contributed by atoms with van der Waals surface area (Å²) < 4.78 is 5.61. The van der Waals surface area contributed by atoms with Crippen LogP contribution < -0.4 is 10.3 Å². The van der Waals surface area contributed by atoms with Gasteiger partial charge >= 0.3 is 0 Å². The van der Waals surface area contributed by atoms with Crippen LogP contribution in [0.15, 0.2) is 64.4 Å². The molecule has 5 nitrogen and oxygen atoms in total. The molecule has 1 fully saturated rings. The van der Waals surface area contributed by atoms with E-state index in [1.165, 1.54) is 28.1 Å². The Labute approximate surface area is 212 Å². The van der Waals surface area contributed by atoms with Crippen LogP contribution in [-0.2, 0) is 4.74 Å². The molecule has 0 spiro atoms. The van der Waals surface area contributed by atoms with Crippen LogP contribution in [-0.4, -0.2) is 50.5 Å². The van der Waals surface area contributed by atoms with Crippen molar-refractivity contribution in [1.29, 1.82) is 0 Å². The Morgan fingerprint density at radius 3 is 2.41 bits per heavy atom. The molecule has 0 saturated carbocycles. The number of nitrogens with one attached hydrogen (secondary N) is 1. The van der Waals surface area contributed by atoms with Gasteiger partial charge in [0.1, 0.15) is 0 Å². The summed E-state index contributed by atoms with van der Waals surface area (Å²) in [6, 6.07) is 14.3. The van der Waals surface area contributed by atoms with Crippen molar-refractivity contribution in [3.63, 3.8) is 0 Å². The van der Waals surface area contributed by atoms with Crippen molar-refractivity contribution in [3.8, 4) is 0 Å². The van der Waals surface area contributed by atoms with Gasteiger partial charge in [0.05, 0.1) is 35.2 Å². The molecule has 0 unspecified atom stereocenters. The minimum atomic E-state index is 0.508. The van der Waals surface area contributed by atoms with Gasteiger partial charge in [0.2, 0.25) is 0 Å². The molecule has 2 aliphatic rings. The number of rotatable bonds is 8. The number of nitrogens with zero attached hydrogens (tertiary/aromatic N) is 3. The molecule has 2 aromatic carbocycles. The summed E-state index contributed by atoms with van der Waals surface area (Å²) in [6.07, 6.45) is 6.23. The van der Waals surface area contributed by atoms with Gasteiger partial charge in [0.15, 0.2) is 0 Å². The predicted octanol–water partition coefficient (Wildman–Crippen LogP) is 6.70. The van der Waals surface area contributed by atoms with E-state index in [-0.39, 0.29) is 0 Å². The highest BCUT2D eigenvalue weighted by atomic mass is 35.5. The number of anilines is 2. The molecule has 1 saturated heterocycles. The van der Waals surface area contributed by atoms with Crippen molar-refractivity contribution in [2.45, 2.75) is 26.7 Å². The van der Waals surface area contributed by atoms with Gasteiger partial charge < -0.3 is 14.5 Å². The van der Waals surface area contributed by atoms with Gasteiger partial charge in [-0.05, 0) is 79.8 Å². The number of hydrazone groups is 1. The zero-order valence-electron chi connectivity index (χ0n) is 19.9. The molecule has 7 heteroatoms. The molecule has 0 amide bonds. The first-order valence-corrected chi connectivity index (χ1v) is 12.7. The van der Waals surface area contributed by atoms with E-state index in [0.29, 0.717) is 10.0 Å². The molecule has 2 aromatic rings. The Balaban J connectivity index is 1.57. The fourth-order valence-corrected chi connectivity index (χ4v) is 4.79. The van der Waals surface area contributed by atoms with Crippen molar-refractivity contribution in [2.24, 2.45) is 5.10 Å². The van der Waals surface area contributed by atoms with Crippen LogP contribution in [0.2, 0.25) is 10.0 Å². The molecule has 1 heterocycles. The third-order valence-electron chi connectivity index (χ3n) is 6.30. The van der Waals surface area contributed by atoms with Gasteiger partial charge in [-0.3, -0.25) is 5.43 Å². The van der Waals surface area contributed by atoms with Gasteiger partial charge in [-0.15, -0.1) is 0 Å². The number of allylic oxidation sites excluding steroid dienone is 2. The molecule has 180 valence electrons. The topological polar surface area (TPSA) is 40.1 Å². The van der Waals surface area contributed by atoms with E-state index in [1.807, 2.05) is 12.3 Å². The average molecular weight is 499 g/mol. The molecule has 4 rings (SSSR count). The highest BCUT2D eigenvalue weighted by molar-refractivity contribution is 6.42. The molecule has 0 bridgehead atoms. The Bertz CT molecular complexity index is 1070. The lowest BCUT2D eigenvalue weighted by Gasteiger charge is -2.31. The summed E-state index contributed by atoms with van der Waals surface area (Å²) in [5, 5.41) is 5.54. The van der Waals surface area contributed by atoms with Crippen LogP contribution in [0.25, 0.3) is 6.08 Å². The molecule has 1 N–H and O–H groups in total. The molecule has 0 radical (unpaired) electrons. The Morgan fingerprint density at radius 2 is 1.74 bits per heavy atom. The molecule has 1 aliphatic heterocycles. The predicted molar refractivity (Wildman–Crippen MR) is 145 cm³/mol. The number of morpholine rings is 1. The smallest absolute Gasteiger partial charge is 0.0642 e. The molecule has 0 atom stereocenters. The van der Waals surface area contributed by atoms with Crippen LogP contribution in [0.5, 0.6) is 0 Å². The van der Waals surface area contributed by atoms with Crippen LogP contribution in [0.3, 0.4) is 0 Å². The van der Waals surface area contributed by atoms with Gasteiger partial charge in [0.25, 0.3) is 0 Å². The molecular weight excluding hydrogens is 467 g/mol. The lowest BCUT2D eigenvalue weighted by atomic mass is 10.1. The second kappa shape index (κ2) is 11.8. The van der Waals surface area contributed by atoms with Crippen LogP contribution in [0, 0.1) is 0 Å². The number of ether oxygens (including phenoxy) is 1. The van der Waals surface area contributed by atoms with Crippen molar-refractivity contribution < 1.29 is 4.74 Å². The lowest BCUT2D eigenvalue weighted by molar-refractivity contribution is 0.0548. The van der Waals surface area contributed by atoms with Crippen LogP contribution >= 0.6 is 23.2 Å². The largest absolute Gasteiger partial charge is 0.378 e. The summed E-state index contributed by atoms with van der Waals surface area (Å²) in [5.74, 6) is 0. The Kier molecular flexibility index (Phi) is 8.54.